The Bertz CT molecular complexity index is 697. The molecule has 2 rings (SSSR count). The second-order valence-electron chi connectivity index (χ2n) is 4.49. The number of aromatic nitrogens is 3. The Morgan fingerprint density at radius 3 is 2.65 bits per heavy atom. The zero-order valence-electron chi connectivity index (χ0n) is 10.4. The van der Waals surface area contributed by atoms with Crippen molar-refractivity contribution >= 4 is 23.3 Å². The van der Waals surface area contributed by atoms with Crippen LogP contribution in [0.1, 0.15) is 31.1 Å². The molecule has 0 aromatic carbocycles. The zero-order chi connectivity index (χ0) is 12.7. The van der Waals surface area contributed by atoms with Gasteiger partial charge in [0.15, 0.2) is 5.43 Å². The molecule has 0 aliphatic heterocycles. The maximum atomic E-state index is 12.1. The zero-order valence-corrected chi connectivity index (χ0v) is 11.2. The van der Waals surface area contributed by atoms with Crippen molar-refractivity contribution in [2.45, 2.75) is 33.7 Å². The second kappa shape index (κ2) is 4.07. The molecular formula is C12H15N3OS. The van der Waals surface area contributed by atoms with Gasteiger partial charge in [0, 0.05) is 23.5 Å². The summed E-state index contributed by atoms with van der Waals surface area (Å²) in [4.78, 5) is 19.5. The Labute approximate surface area is 104 Å². The first kappa shape index (κ1) is 12.0. The molecule has 2 aromatic rings. The third kappa shape index (κ3) is 1.91. The fraction of sp³-hybridized carbons (Fsp3) is 0.417. The maximum absolute atomic E-state index is 12.1. The first-order valence-electron chi connectivity index (χ1n) is 5.54. The third-order valence-electron chi connectivity index (χ3n) is 2.96. The van der Waals surface area contributed by atoms with Gasteiger partial charge in [-0.05, 0) is 39.9 Å². The van der Waals surface area contributed by atoms with Gasteiger partial charge in [-0.3, -0.25) is 4.79 Å². The van der Waals surface area contributed by atoms with Crippen LogP contribution in [0.15, 0.2) is 11.0 Å². The van der Waals surface area contributed by atoms with E-state index in [4.69, 9.17) is 12.2 Å². The summed E-state index contributed by atoms with van der Waals surface area (Å²) in [6.07, 6.45) is 1.79. The lowest BCUT2D eigenvalue weighted by molar-refractivity contribution is 0.581. The van der Waals surface area contributed by atoms with Crippen LogP contribution in [0.25, 0.3) is 11.0 Å². The topological polar surface area (TPSA) is 50.7 Å². The smallest absolute Gasteiger partial charge is 0.201 e. The van der Waals surface area contributed by atoms with Crippen LogP contribution in [0.4, 0.5) is 0 Å². The monoisotopic (exact) mass is 249 g/mol. The number of fused-ring (bicyclic) bond motifs is 1. The van der Waals surface area contributed by atoms with Gasteiger partial charge in [-0.2, -0.15) is 0 Å². The van der Waals surface area contributed by atoms with E-state index in [1.54, 1.807) is 6.20 Å². The SMILES string of the molecule is Cc1[nH]c2nc(=S)n(C(C)C)cc2c(=O)c1C. The van der Waals surface area contributed by atoms with Crippen LogP contribution < -0.4 is 5.43 Å². The lowest BCUT2D eigenvalue weighted by atomic mass is 10.2. The van der Waals surface area contributed by atoms with E-state index < -0.39 is 0 Å². The Hall–Kier alpha value is -1.49. The molecule has 0 amide bonds. The minimum atomic E-state index is 0.0214. The molecule has 4 nitrogen and oxygen atoms in total. The normalized spacial score (nSPS) is 11.4. The number of H-pyrrole nitrogens is 1. The molecule has 0 radical (unpaired) electrons. The van der Waals surface area contributed by atoms with Gasteiger partial charge in [-0.15, -0.1) is 0 Å². The number of nitrogens with one attached hydrogen (secondary N) is 1. The Morgan fingerprint density at radius 2 is 2.06 bits per heavy atom. The summed E-state index contributed by atoms with van der Waals surface area (Å²) in [5, 5.41) is 0.593. The van der Waals surface area contributed by atoms with E-state index in [1.165, 1.54) is 0 Å². The number of nitrogens with zero attached hydrogens (tertiary/aromatic N) is 2. The van der Waals surface area contributed by atoms with Crippen molar-refractivity contribution in [1.29, 1.82) is 0 Å². The van der Waals surface area contributed by atoms with Gasteiger partial charge in [0.1, 0.15) is 5.65 Å². The molecule has 0 aliphatic rings. The molecule has 2 heterocycles. The van der Waals surface area contributed by atoms with Gasteiger partial charge in [0.2, 0.25) is 4.77 Å². The minimum Gasteiger partial charge on any atom is -0.343 e. The highest BCUT2D eigenvalue weighted by Gasteiger charge is 2.09. The van der Waals surface area contributed by atoms with E-state index in [0.717, 1.165) is 11.3 Å². The van der Waals surface area contributed by atoms with E-state index >= 15 is 0 Å². The molecule has 0 aliphatic carbocycles. The summed E-state index contributed by atoms with van der Waals surface area (Å²) in [7, 11) is 0. The fourth-order valence-electron chi connectivity index (χ4n) is 1.74. The second-order valence-corrected chi connectivity index (χ2v) is 4.86. The first-order valence-corrected chi connectivity index (χ1v) is 5.95. The van der Waals surface area contributed by atoms with Crippen LogP contribution in [0.3, 0.4) is 0 Å². The molecule has 1 N–H and O–H groups in total. The molecule has 0 spiro atoms. The van der Waals surface area contributed by atoms with Crippen molar-refractivity contribution in [3.63, 3.8) is 0 Å². The highest BCUT2D eigenvalue weighted by atomic mass is 32.1. The Balaban J connectivity index is 2.95. The van der Waals surface area contributed by atoms with Crippen LogP contribution in [0.5, 0.6) is 0 Å². The van der Waals surface area contributed by atoms with Crippen molar-refractivity contribution in [2.24, 2.45) is 0 Å². The van der Waals surface area contributed by atoms with E-state index in [2.05, 4.69) is 9.97 Å². The molecule has 90 valence electrons. The predicted octanol–water partition coefficient (Wildman–Crippen LogP) is 2.65. The third-order valence-corrected chi connectivity index (χ3v) is 3.26. The highest BCUT2D eigenvalue weighted by Crippen LogP contribution is 2.12. The quantitative estimate of drug-likeness (QED) is 0.790. The van der Waals surface area contributed by atoms with Gasteiger partial charge < -0.3 is 9.55 Å². The van der Waals surface area contributed by atoms with Crippen molar-refractivity contribution < 1.29 is 0 Å². The minimum absolute atomic E-state index is 0.0214. The summed E-state index contributed by atoms with van der Waals surface area (Å²) >= 11 is 5.20. The fourth-order valence-corrected chi connectivity index (χ4v) is 2.10. The Kier molecular flexibility index (Phi) is 2.87. The van der Waals surface area contributed by atoms with E-state index in [0.29, 0.717) is 15.8 Å². The average molecular weight is 249 g/mol. The average Bonchev–Trinajstić information content (AvgIpc) is 2.25. The first-order chi connectivity index (χ1) is 7.91. The van der Waals surface area contributed by atoms with Gasteiger partial charge >= 0.3 is 0 Å². The van der Waals surface area contributed by atoms with Crippen molar-refractivity contribution in [2.75, 3.05) is 0 Å². The lowest BCUT2D eigenvalue weighted by Crippen LogP contribution is -2.14. The van der Waals surface area contributed by atoms with Crippen LogP contribution in [-0.2, 0) is 0 Å². The molecule has 0 atom stereocenters. The molecule has 5 heteroatoms. The standard InChI is InChI=1S/C12H15N3OS/c1-6(2)15-5-9-10(16)7(3)8(4)13-11(9)14-12(15)17/h5-6H,1-4H3,(H,13,14,17). The molecule has 2 aromatic heterocycles. The predicted molar refractivity (Wildman–Crippen MR) is 71.0 cm³/mol. The van der Waals surface area contributed by atoms with Crippen LogP contribution in [0, 0.1) is 18.6 Å². The Morgan fingerprint density at radius 1 is 1.41 bits per heavy atom. The number of rotatable bonds is 1. The molecule has 0 unspecified atom stereocenters. The molecule has 0 saturated heterocycles. The number of aromatic amines is 1. The number of pyridine rings is 1. The van der Waals surface area contributed by atoms with Gasteiger partial charge in [0.25, 0.3) is 0 Å². The van der Waals surface area contributed by atoms with E-state index in [9.17, 15) is 4.79 Å². The van der Waals surface area contributed by atoms with Crippen LogP contribution in [-0.4, -0.2) is 14.5 Å². The summed E-state index contributed by atoms with van der Waals surface area (Å²) in [6.45, 7) is 7.70. The van der Waals surface area contributed by atoms with E-state index in [-0.39, 0.29) is 11.5 Å². The summed E-state index contributed by atoms with van der Waals surface area (Å²) in [5.74, 6) is 0. The van der Waals surface area contributed by atoms with Gasteiger partial charge in [0.05, 0.1) is 5.39 Å². The van der Waals surface area contributed by atoms with E-state index in [1.807, 2.05) is 32.3 Å². The molecule has 0 saturated carbocycles. The number of hydrogen-bond donors (Lipinski definition) is 1. The molecule has 17 heavy (non-hydrogen) atoms. The lowest BCUT2D eigenvalue weighted by Gasteiger charge is -2.12. The van der Waals surface area contributed by atoms with Crippen LogP contribution in [0.2, 0.25) is 0 Å². The summed E-state index contributed by atoms with van der Waals surface area (Å²) in [6, 6.07) is 0.195. The number of aryl methyl sites for hydroxylation is 1. The summed E-state index contributed by atoms with van der Waals surface area (Å²) < 4.78 is 2.33. The number of hydrogen-bond acceptors (Lipinski definition) is 3. The molecule has 0 bridgehead atoms. The highest BCUT2D eigenvalue weighted by molar-refractivity contribution is 7.71. The van der Waals surface area contributed by atoms with Crippen molar-refractivity contribution in [3.05, 3.63) is 32.4 Å². The van der Waals surface area contributed by atoms with Crippen molar-refractivity contribution in [1.82, 2.24) is 14.5 Å². The largest absolute Gasteiger partial charge is 0.343 e. The van der Waals surface area contributed by atoms with Gasteiger partial charge in [-0.1, -0.05) is 0 Å². The molecular weight excluding hydrogens is 234 g/mol. The van der Waals surface area contributed by atoms with Crippen molar-refractivity contribution in [3.8, 4) is 0 Å². The summed E-state index contributed by atoms with van der Waals surface area (Å²) in [5.41, 5.74) is 2.16. The maximum Gasteiger partial charge on any atom is 0.201 e. The van der Waals surface area contributed by atoms with Gasteiger partial charge in [-0.25, -0.2) is 4.98 Å². The molecule has 0 fully saturated rings. The van der Waals surface area contributed by atoms with Crippen LogP contribution >= 0.6 is 12.2 Å².